The second-order valence-electron chi connectivity index (χ2n) is 10.3. The third-order valence-electron chi connectivity index (χ3n) is 8.06. The maximum atomic E-state index is 13.7. The van der Waals surface area contributed by atoms with Crippen molar-refractivity contribution in [2.75, 3.05) is 25.5 Å². The lowest BCUT2D eigenvalue weighted by atomic mass is 9.73. The number of rotatable bonds is 6. The number of methoxy groups -OCH3 is 1. The molecular formula is C29H28F6N4O2. The molecule has 4 heterocycles. The van der Waals surface area contributed by atoms with Gasteiger partial charge in [0.05, 0.1) is 35.5 Å². The largest absolute Gasteiger partial charge is 0.497 e. The van der Waals surface area contributed by atoms with Crippen LogP contribution in [0, 0.1) is 11.8 Å². The van der Waals surface area contributed by atoms with Gasteiger partial charge in [-0.1, -0.05) is 12.1 Å². The van der Waals surface area contributed by atoms with E-state index in [1.807, 2.05) is 11.4 Å². The van der Waals surface area contributed by atoms with E-state index in [4.69, 9.17) is 4.74 Å². The highest BCUT2D eigenvalue weighted by atomic mass is 19.4. The van der Waals surface area contributed by atoms with E-state index in [2.05, 4.69) is 21.8 Å². The molecule has 3 aromatic rings. The molecule has 0 radical (unpaired) electrons. The third kappa shape index (κ3) is 5.70. The summed E-state index contributed by atoms with van der Waals surface area (Å²) in [5.74, 6) is 1.05. The van der Waals surface area contributed by atoms with Crippen molar-refractivity contribution in [3.8, 4) is 5.75 Å². The van der Waals surface area contributed by atoms with Gasteiger partial charge in [-0.25, -0.2) is 4.79 Å². The minimum atomic E-state index is -5.13. The maximum absolute atomic E-state index is 13.7. The number of pyridine rings is 1. The number of carbonyl (C=O) groups is 1. The summed E-state index contributed by atoms with van der Waals surface area (Å²) in [7, 11) is 1.50. The fourth-order valence-corrected chi connectivity index (χ4v) is 6.10. The monoisotopic (exact) mass is 578 g/mol. The van der Waals surface area contributed by atoms with Crippen molar-refractivity contribution in [2.45, 2.75) is 37.3 Å². The van der Waals surface area contributed by atoms with Crippen molar-refractivity contribution < 1.29 is 35.9 Å². The SMILES string of the molecule is C=CC1CN2CCC1CC2[C@H](NC(=O)Nc1c(C(F)(F)F)cccc1C(F)(F)F)c1ccnc2ccc(OC)cc12. The number of carbonyl (C=O) groups excluding carboxylic acids is 1. The van der Waals surface area contributed by atoms with E-state index < -0.39 is 41.2 Å². The van der Waals surface area contributed by atoms with Crippen LogP contribution < -0.4 is 15.4 Å². The molecule has 4 unspecified atom stereocenters. The Bertz CT molecular complexity index is 1430. The quantitative estimate of drug-likeness (QED) is 0.243. The van der Waals surface area contributed by atoms with E-state index in [-0.39, 0.29) is 17.9 Å². The predicted octanol–water partition coefficient (Wildman–Crippen LogP) is 7.04. The zero-order valence-electron chi connectivity index (χ0n) is 22.0. The average Bonchev–Trinajstić information content (AvgIpc) is 2.94. The summed E-state index contributed by atoms with van der Waals surface area (Å²) in [4.78, 5) is 19.9. The highest BCUT2D eigenvalue weighted by molar-refractivity contribution is 5.92. The zero-order chi connectivity index (χ0) is 29.5. The molecule has 0 aliphatic carbocycles. The van der Waals surface area contributed by atoms with Crippen LogP contribution in [0.2, 0.25) is 0 Å². The number of nitrogens with one attached hydrogen (secondary N) is 2. The minimum Gasteiger partial charge on any atom is -0.497 e. The first-order valence-corrected chi connectivity index (χ1v) is 13.0. The van der Waals surface area contributed by atoms with E-state index in [0.717, 1.165) is 13.0 Å². The number of urea groups is 1. The Balaban J connectivity index is 1.56. The second-order valence-corrected chi connectivity index (χ2v) is 10.3. The summed E-state index contributed by atoms with van der Waals surface area (Å²) in [5, 5.41) is 5.28. The summed E-state index contributed by atoms with van der Waals surface area (Å²) in [5.41, 5.74) is -3.31. The number of para-hydroxylation sites is 1. The Hall–Kier alpha value is -3.80. The molecule has 5 atom stereocenters. The van der Waals surface area contributed by atoms with E-state index >= 15 is 0 Å². The number of ether oxygens (including phenoxy) is 1. The molecule has 218 valence electrons. The highest BCUT2D eigenvalue weighted by Gasteiger charge is 2.44. The molecule has 3 aliphatic rings. The summed E-state index contributed by atoms with van der Waals surface area (Å²) in [6.07, 6.45) is -5.22. The second kappa shape index (κ2) is 10.9. The number of hydrogen-bond acceptors (Lipinski definition) is 4. The predicted molar refractivity (Wildman–Crippen MR) is 141 cm³/mol. The van der Waals surface area contributed by atoms with Gasteiger partial charge in [-0.05, 0) is 73.2 Å². The molecule has 2 bridgehead atoms. The lowest BCUT2D eigenvalue weighted by Crippen LogP contribution is -2.57. The van der Waals surface area contributed by atoms with Gasteiger partial charge < -0.3 is 15.4 Å². The Labute approximate surface area is 232 Å². The molecule has 3 fully saturated rings. The van der Waals surface area contributed by atoms with Crippen LogP contribution in [-0.2, 0) is 12.4 Å². The van der Waals surface area contributed by atoms with Gasteiger partial charge in [0.25, 0.3) is 0 Å². The van der Waals surface area contributed by atoms with Crippen LogP contribution in [0.4, 0.5) is 36.8 Å². The van der Waals surface area contributed by atoms with Crippen molar-refractivity contribution in [3.63, 3.8) is 0 Å². The standard InChI is InChI=1S/C29H28F6N4O2/c1-3-16-15-39-12-10-17(16)13-24(39)25(19-9-11-36-23-8-7-18(41-2)14-20(19)23)37-27(40)38-26-21(28(30,31)32)5-4-6-22(26)29(33,34)35/h3-9,11,14,16-17,24-25H,1,10,12-13,15H2,2H3,(H2,37,38,40)/t16?,17?,24?,25-/m1/s1. The number of hydrogen-bond donors (Lipinski definition) is 2. The highest BCUT2D eigenvalue weighted by Crippen LogP contribution is 2.44. The molecule has 0 saturated carbocycles. The molecule has 41 heavy (non-hydrogen) atoms. The lowest BCUT2D eigenvalue weighted by Gasteiger charge is -2.51. The maximum Gasteiger partial charge on any atom is 0.418 e. The molecule has 6 rings (SSSR count). The molecule has 2 aromatic carbocycles. The molecule has 12 heteroatoms. The van der Waals surface area contributed by atoms with Crippen molar-refractivity contribution in [1.82, 2.24) is 15.2 Å². The van der Waals surface area contributed by atoms with Crippen molar-refractivity contribution in [1.29, 1.82) is 0 Å². The fourth-order valence-electron chi connectivity index (χ4n) is 6.10. The van der Waals surface area contributed by atoms with Gasteiger partial charge in [-0.15, -0.1) is 6.58 Å². The van der Waals surface area contributed by atoms with Crippen LogP contribution in [0.25, 0.3) is 10.9 Å². The van der Waals surface area contributed by atoms with Crippen molar-refractivity contribution >= 4 is 22.6 Å². The van der Waals surface area contributed by atoms with E-state index in [9.17, 15) is 31.1 Å². The van der Waals surface area contributed by atoms with Gasteiger partial charge in [0.1, 0.15) is 5.75 Å². The number of halogens is 6. The van der Waals surface area contributed by atoms with E-state index in [1.54, 1.807) is 30.5 Å². The molecule has 0 spiro atoms. The number of amides is 2. The molecule has 3 aliphatic heterocycles. The van der Waals surface area contributed by atoms with Gasteiger partial charge in [-0.2, -0.15) is 26.3 Å². The number of piperidine rings is 3. The normalized spacial score (nSPS) is 23.2. The fraction of sp³-hybridized carbons (Fsp3) is 0.379. The minimum absolute atomic E-state index is 0.247. The van der Waals surface area contributed by atoms with Crippen molar-refractivity contribution in [3.05, 3.63) is 78.0 Å². The summed E-state index contributed by atoms with van der Waals surface area (Å²) in [6.45, 7) is 5.35. The van der Waals surface area contributed by atoms with Crippen LogP contribution >= 0.6 is 0 Å². The topological polar surface area (TPSA) is 66.5 Å². The van der Waals surface area contributed by atoms with Crippen LogP contribution in [0.15, 0.2) is 61.3 Å². The van der Waals surface area contributed by atoms with Gasteiger partial charge in [0, 0.05) is 24.2 Å². The molecule has 6 nitrogen and oxygen atoms in total. The number of nitrogens with zero attached hydrogens (tertiary/aromatic N) is 2. The number of benzene rings is 2. The number of aromatic nitrogens is 1. The number of anilines is 1. The first-order chi connectivity index (χ1) is 19.4. The smallest absolute Gasteiger partial charge is 0.418 e. The average molecular weight is 579 g/mol. The molecule has 3 saturated heterocycles. The number of fused-ring (bicyclic) bond motifs is 4. The van der Waals surface area contributed by atoms with Crippen LogP contribution in [0.1, 0.15) is 35.6 Å². The summed E-state index contributed by atoms with van der Waals surface area (Å²) in [6, 6.07) is 6.34. The van der Waals surface area contributed by atoms with Gasteiger partial charge in [0.15, 0.2) is 0 Å². The first kappa shape index (κ1) is 28.7. The summed E-state index contributed by atoms with van der Waals surface area (Å²) < 4.78 is 87.8. The molecule has 1 aromatic heterocycles. The Morgan fingerprint density at radius 1 is 1.12 bits per heavy atom. The number of alkyl halides is 6. The zero-order valence-corrected chi connectivity index (χ0v) is 22.0. The van der Waals surface area contributed by atoms with Crippen LogP contribution in [-0.4, -0.2) is 42.2 Å². The van der Waals surface area contributed by atoms with Gasteiger partial charge >= 0.3 is 18.4 Å². The Kier molecular flexibility index (Phi) is 7.62. The summed E-state index contributed by atoms with van der Waals surface area (Å²) >= 11 is 0. The molecule has 2 amide bonds. The lowest BCUT2D eigenvalue weighted by molar-refractivity contribution is -0.141. The van der Waals surface area contributed by atoms with Gasteiger partial charge in [-0.3, -0.25) is 9.88 Å². The van der Waals surface area contributed by atoms with E-state index in [0.29, 0.717) is 53.4 Å². The molecule has 2 N–H and O–H groups in total. The molecular weight excluding hydrogens is 550 g/mol. The van der Waals surface area contributed by atoms with E-state index in [1.165, 1.54) is 7.11 Å². The first-order valence-electron chi connectivity index (χ1n) is 13.0. The van der Waals surface area contributed by atoms with Gasteiger partial charge in [0.2, 0.25) is 0 Å². The van der Waals surface area contributed by atoms with Crippen LogP contribution in [0.5, 0.6) is 5.75 Å². The Morgan fingerprint density at radius 2 is 1.83 bits per heavy atom. The van der Waals surface area contributed by atoms with Crippen molar-refractivity contribution in [2.24, 2.45) is 11.8 Å². The Morgan fingerprint density at radius 3 is 2.41 bits per heavy atom. The third-order valence-corrected chi connectivity index (χ3v) is 8.06. The van der Waals surface area contributed by atoms with Crippen LogP contribution in [0.3, 0.4) is 0 Å².